The third-order valence-electron chi connectivity index (χ3n) is 7.61. The van der Waals surface area contributed by atoms with Crippen LogP contribution in [0.15, 0.2) is 23.6 Å². The number of aryl methyl sites for hydroxylation is 1. The molecule has 4 fully saturated rings. The summed E-state index contributed by atoms with van der Waals surface area (Å²) in [6.45, 7) is 2.01. The molecule has 174 valence electrons. The maximum absolute atomic E-state index is 13.0. The van der Waals surface area contributed by atoms with Gasteiger partial charge < -0.3 is 10.6 Å². The van der Waals surface area contributed by atoms with Gasteiger partial charge in [-0.1, -0.05) is 12.1 Å². The minimum Gasteiger partial charge on any atom is -0.355 e. The van der Waals surface area contributed by atoms with Crippen molar-refractivity contribution in [1.82, 2.24) is 10.3 Å². The lowest BCUT2D eigenvalue weighted by Gasteiger charge is -2.55. The first-order chi connectivity index (χ1) is 15.8. The van der Waals surface area contributed by atoms with Crippen LogP contribution < -0.4 is 10.6 Å². The Balaban J connectivity index is 1.14. The Hall–Kier alpha value is -2.81. The van der Waals surface area contributed by atoms with Crippen molar-refractivity contribution >= 4 is 34.0 Å². The number of carbonyl (C=O) groups excluding carboxylic acids is 2. The molecule has 0 unspecified atom stereocenters. The standard InChI is InChI=1S/C24H28N4O4S/c1-14-2-3-18(9-20(14)28(31)32)19-13-33-23(26-19)27-21(29)4-5-25-22(30)24-10-15-6-16(11-24)8-17(7-15)12-24/h2-3,9,13,15-17H,4-8,10-12H2,1H3,(H,25,30)(H,26,27,29). The van der Waals surface area contributed by atoms with E-state index >= 15 is 0 Å². The number of hydrogen-bond donors (Lipinski definition) is 2. The summed E-state index contributed by atoms with van der Waals surface area (Å²) in [5, 5.41) is 19.2. The minimum atomic E-state index is -0.411. The van der Waals surface area contributed by atoms with E-state index in [4.69, 9.17) is 0 Å². The molecule has 2 aromatic rings. The molecule has 4 saturated carbocycles. The lowest BCUT2D eigenvalue weighted by atomic mass is 9.49. The van der Waals surface area contributed by atoms with Crippen LogP contribution in [0.1, 0.15) is 50.5 Å². The zero-order valence-corrected chi connectivity index (χ0v) is 19.5. The molecule has 2 amide bonds. The van der Waals surface area contributed by atoms with Gasteiger partial charge in [-0.15, -0.1) is 11.3 Å². The van der Waals surface area contributed by atoms with Crippen LogP contribution in [0.2, 0.25) is 0 Å². The van der Waals surface area contributed by atoms with Crippen molar-refractivity contribution in [2.75, 3.05) is 11.9 Å². The Morgan fingerprint density at radius 1 is 1.18 bits per heavy atom. The van der Waals surface area contributed by atoms with Crippen molar-refractivity contribution in [3.8, 4) is 11.3 Å². The second kappa shape index (κ2) is 8.52. The average molecular weight is 469 g/mol. The fourth-order valence-electron chi connectivity index (χ4n) is 6.48. The van der Waals surface area contributed by atoms with Crippen molar-refractivity contribution < 1.29 is 14.5 Å². The first kappa shape index (κ1) is 22.0. The first-order valence-electron chi connectivity index (χ1n) is 11.6. The Morgan fingerprint density at radius 2 is 1.85 bits per heavy atom. The summed E-state index contributed by atoms with van der Waals surface area (Å²) in [7, 11) is 0. The summed E-state index contributed by atoms with van der Waals surface area (Å²) in [6.07, 6.45) is 7.09. The van der Waals surface area contributed by atoms with Gasteiger partial charge in [0, 0.05) is 41.0 Å². The lowest BCUT2D eigenvalue weighted by Crippen LogP contribution is -2.53. The molecule has 6 rings (SSSR count). The van der Waals surface area contributed by atoms with Crippen LogP contribution in [0.25, 0.3) is 11.3 Å². The van der Waals surface area contributed by atoms with E-state index in [1.165, 1.54) is 36.7 Å². The predicted molar refractivity (Wildman–Crippen MR) is 126 cm³/mol. The van der Waals surface area contributed by atoms with Crippen LogP contribution in [-0.4, -0.2) is 28.3 Å². The van der Waals surface area contributed by atoms with Crippen LogP contribution in [0.3, 0.4) is 0 Å². The van der Waals surface area contributed by atoms with Crippen molar-refractivity contribution in [2.24, 2.45) is 23.2 Å². The molecule has 1 aromatic carbocycles. The lowest BCUT2D eigenvalue weighted by molar-refractivity contribution is -0.385. The molecular formula is C24H28N4O4S. The second-order valence-corrected chi connectivity index (χ2v) is 10.9. The number of nitrogens with one attached hydrogen (secondary N) is 2. The van der Waals surface area contributed by atoms with Gasteiger partial charge in [-0.3, -0.25) is 19.7 Å². The van der Waals surface area contributed by atoms with Crippen LogP contribution in [0.5, 0.6) is 0 Å². The number of benzene rings is 1. The molecule has 1 aromatic heterocycles. The number of hydrogen-bond acceptors (Lipinski definition) is 6. The van der Waals surface area contributed by atoms with E-state index in [1.807, 2.05) is 0 Å². The number of thiazole rings is 1. The summed E-state index contributed by atoms with van der Waals surface area (Å²) in [4.78, 5) is 40.6. The van der Waals surface area contributed by atoms with E-state index in [9.17, 15) is 19.7 Å². The Labute approximate surface area is 196 Å². The quantitative estimate of drug-likeness (QED) is 0.452. The SMILES string of the molecule is Cc1ccc(-c2csc(NC(=O)CCNC(=O)C34CC5CC(CC(C5)C3)C4)n2)cc1[N+](=O)[O-]. The second-order valence-electron chi connectivity index (χ2n) is 10.0. The number of anilines is 1. The zero-order valence-electron chi connectivity index (χ0n) is 18.6. The van der Waals surface area contributed by atoms with E-state index in [-0.39, 0.29) is 29.3 Å². The highest BCUT2D eigenvalue weighted by Crippen LogP contribution is 2.60. The highest BCUT2D eigenvalue weighted by atomic mass is 32.1. The number of rotatable bonds is 7. The molecule has 0 spiro atoms. The number of nitrogens with zero attached hydrogens (tertiary/aromatic N) is 2. The molecule has 9 heteroatoms. The summed E-state index contributed by atoms with van der Waals surface area (Å²) < 4.78 is 0. The topological polar surface area (TPSA) is 114 Å². The van der Waals surface area contributed by atoms with Gasteiger partial charge in [-0.25, -0.2) is 4.98 Å². The van der Waals surface area contributed by atoms with Crippen molar-refractivity contribution in [3.05, 3.63) is 39.3 Å². The molecule has 0 atom stereocenters. The molecule has 33 heavy (non-hydrogen) atoms. The third-order valence-corrected chi connectivity index (χ3v) is 8.37. The fraction of sp³-hybridized carbons (Fsp3) is 0.542. The highest BCUT2D eigenvalue weighted by Gasteiger charge is 2.54. The largest absolute Gasteiger partial charge is 0.355 e. The fourth-order valence-corrected chi connectivity index (χ4v) is 7.21. The van der Waals surface area contributed by atoms with E-state index in [0.717, 1.165) is 19.3 Å². The van der Waals surface area contributed by atoms with Gasteiger partial charge in [0.1, 0.15) is 0 Å². The maximum atomic E-state index is 13.0. The van der Waals surface area contributed by atoms with Crippen molar-refractivity contribution in [3.63, 3.8) is 0 Å². The molecule has 4 aliphatic rings. The zero-order chi connectivity index (χ0) is 23.2. The predicted octanol–water partition coefficient (Wildman–Crippen LogP) is 4.69. The normalized spacial score (nSPS) is 27.4. The Morgan fingerprint density at radius 3 is 2.48 bits per heavy atom. The highest BCUT2D eigenvalue weighted by molar-refractivity contribution is 7.14. The Bertz CT molecular complexity index is 1080. The van der Waals surface area contributed by atoms with Gasteiger partial charge in [-0.2, -0.15) is 0 Å². The molecule has 4 aliphatic carbocycles. The van der Waals surface area contributed by atoms with E-state index in [2.05, 4.69) is 15.6 Å². The molecule has 0 saturated heterocycles. The number of nitro benzene ring substituents is 1. The van der Waals surface area contributed by atoms with Gasteiger partial charge in [0.2, 0.25) is 11.8 Å². The molecule has 8 nitrogen and oxygen atoms in total. The van der Waals surface area contributed by atoms with Crippen LogP contribution >= 0.6 is 11.3 Å². The molecular weight excluding hydrogens is 440 g/mol. The average Bonchev–Trinajstić information content (AvgIpc) is 3.21. The van der Waals surface area contributed by atoms with Gasteiger partial charge in [0.05, 0.1) is 10.6 Å². The first-order valence-corrected chi connectivity index (χ1v) is 12.5. The number of carbonyl (C=O) groups is 2. The monoisotopic (exact) mass is 468 g/mol. The number of amides is 2. The number of aromatic nitrogens is 1. The van der Waals surface area contributed by atoms with E-state index in [0.29, 0.717) is 46.3 Å². The third kappa shape index (κ3) is 4.38. The van der Waals surface area contributed by atoms with Gasteiger partial charge in [0.15, 0.2) is 5.13 Å². The molecule has 0 aliphatic heterocycles. The smallest absolute Gasteiger partial charge is 0.272 e. The summed E-state index contributed by atoms with van der Waals surface area (Å²) in [6, 6.07) is 4.97. The molecule has 2 N–H and O–H groups in total. The van der Waals surface area contributed by atoms with Gasteiger partial charge in [-0.05, 0) is 63.2 Å². The Kier molecular flexibility index (Phi) is 5.68. The maximum Gasteiger partial charge on any atom is 0.272 e. The van der Waals surface area contributed by atoms with E-state index < -0.39 is 4.92 Å². The molecule has 0 radical (unpaired) electrons. The van der Waals surface area contributed by atoms with Crippen LogP contribution in [0.4, 0.5) is 10.8 Å². The molecule has 4 bridgehead atoms. The van der Waals surface area contributed by atoms with Crippen LogP contribution in [-0.2, 0) is 9.59 Å². The van der Waals surface area contributed by atoms with Crippen molar-refractivity contribution in [2.45, 2.75) is 51.9 Å². The van der Waals surface area contributed by atoms with Gasteiger partial charge >= 0.3 is 0 Å². The van der Waals surface area contributed by atoms with E-state index in [1.54, 1.807) is 24.4 Å². The summed E-state index contributed by atoms with van der Waals surface area (Å²) in [5.74, 6) is 2.04. The minimum absolute atomic E-state index is 0.0425. The number of nitro groups is 1. The summed E-state index contributed by atoms with van der Waals surface area (Å²) in [5.41, 5.74) is 1.64. The van der Waals surface area contributed by atoms with Crippen LogP contribution in [0, 0.1) is 40.2 Å². The van der Waals surface area contributed by atoms with Crippen molar-refractivity contribution in [1.29, 1.82) is 0 Å². The van der Waals surface area contributed by atoms with Gasteiger partial charge in [0.25, 0.3) is 5.69 Å². The summed E-state index contributed by atoms with van der Waals surface area (Å²) >= 11 is 1.27. The molecule has 1 heterocycles.